The van der Waals surface area contributed by atoms with Crippen LogP contribution in [-0.2, 0) is 32.7 Å². The predicted octanol–water partition coefficient (Wildman–Crippen LogP) is 15.6. The smallest absolute Gasteiger partial charge is 0.306 e. The lowest BCUT2D eigenvalue weighted by Crippen LogP contribution is -2.37. The third-order valence-electron chi connectivity index (χ3n) is 11.6. The molecule has 0 saturated carbocycles. The number of esters is 2. The van der Waals surface area contributed by atoms with Crippen molar-refractivity contribution in [3.8, 4) is 0 Å². The molecule has 0 heterocycles. The molecule has 0 spiro atoms. The van der Waals surface area contributed by atoms with Crippen molar-refractivity contribution in [1.82, 2.24) is 0 Å². The van der Waals surface area contributed by atoms with Crippen LogP contribution in [0.5, 0.6) is 0 Å². The highest BCUT2D eigenvalue weighted by Crippen LogP contribution is 2.38. The van der Waals surface area contributed by atoms with Gasteiger partial charge in [0.25, 0.3) is 7.82 Å². The fraction of sp³-hybridized carbons (Fsp3) is 0.818. The summed E-state index contributed by atoms with van der Waals surface area (Å²) in [4.78, 5) is 37.7. The Bertz CT molecular complexity index is 1240. The largest absolute Gasteiger partial charge is 0.756 e. The fourth-order valence-electron chi connectivity index (χ4n) is 7.35. The molecular weight excluding hydrogens is 834 g/mol. The van der Waals surface area contributed by atoms with Gasteiger partial charge in [-0.1, -0.05) is 204 Å². The van der Waals surface area contributed by atoms with Crippen LogP contribution >= 0.6 is 7.82 Å². The van der Waals surface area contributed by atoms with E-state index in [2.05, 4.69) is 62.5 Å². The van der Waals surface area contributed by atoms with E-state index in [1.54, 1.807) is 0 Å². The highest BCUT2D eigenvalue weighted by atomic mass is 31.2. The summed E-state index contributed by atoms with van der Waals surface area (Å²) >= 11 is 0. The minimum atomic E-state index is -4.63. The van der Waals surface area contributed by atoms with Crippen LogP contribution in [0.2, 0.25) is 0 Å². The van der Waals surface area contributed by atoms with Crippen LogP contribution in [0.25, 0.3) is 0 Å². The van der Waals surface area contributed by atoms with Gasteiger partial charge in [-0.25, -0.2) is 0 Å². The molecule has 0 bridgehead atoms. The Morgan fingerprint density at radius 1 is 0.477 bits per heavy atom. The molecule has 0 saturated heterocycles. The molecule has 0 rings (SSSR count). The van der Waals surface area contributed by atoms with E-state index in [0.29, 0.717) is 23.9 Å². The summed E-state index contributed by atoms with van der Waals surface area (Å²) in [6, 6.07) is 0. The van der Waals surface area contributed by atoms with E-state index in [1.807, 2.05) is 21.1 Å². The Hall–Kier alpha value is -2.03. The lowest BCUT2D eigenvalue weighted by Gasteiger charge is -2.28. The molecule has 0 aromatic rings. The maximum atomic E-state index is 12.8. The van der Waals surface area contributed by atoms with Crippen molar-refractivity contribution < 1.29 is 42.1 Å². The number of hydrogen-bond acceptors (Lipinski definition) is 8. The van der Waals surface area contributed by atoms with Crippen LogP contribution in [-0.4, -0.2) is 70.0 Å². The van der Waals surface area contributed by atoms with Gasteiger partial charge in [0.1, 0.15) is 19.8 Å². The van der Waals surface area contributed by atoms with Gasteiger partial charge in [0.05, 0.1) is 27.7 Å². The lowest BCUT2D eigenvalue weighted by molar-refractivity contribution is -0.870. The Kier molecular flexibility index (Phi) is 45.6. The molecule has 0 aliphatic rings. The monoisotopic (exact) mass is 936 g/mol. The molecular formula is C55H102NO8P. The number of carbonyl (C=O) groups is 2. The Labute approximate surface area is 401 Å². The molecule has 0 N–H and O–H groups in total. The number of allylic oxidation sites excluding steroid dienone is 8. The number of nitrogens with zero attached hydrogens (tertiary/aromatic N) is 1. The molecule has 0 amide bonds. The van der Waals surface area contributed by atoms with Crippen molar-refractivity contribution in [2.45, 2.75) is 245 Å². The van der Waals surface area contributed by atoms with Crippen molar-refractivity contribution in [3.05, 3.63) is 48.6 Å². The number of quaternary nitrogens is 1. The Morgan fingerprint density at radius 2 is 0.846 bits per heavy atom. The van der Waals surface area contributed by atoms with Gasteiger partial charge in [0.15, 0.2) is 6.10 Å². The van der Waals surface area contributed by atoms with Gasteiger partial charge in [-0.15, -0.1) is 0 Å². The molecule has 0 radical (unpaired) electrons. The molecule has 380 valence electrons. The van der Waals surface area contributed by atoms with Crippen molar-refractivity contribution >= 4 is 19.8 Å². The van der Waals surface area contributed by atoms with Crippen LogP contribution in [0.3, 0.4) is 0 Å². The molecule has 0 aromatic heterocycles. The third-order valence-corrected chi connectivity index (χ3v) is 12.5. The van der Waals surface area contributed by atoms with E-state index in [-0.39, 0.29) is 26.1 Å². The number of phosphoric ester groups is 1. The van der Waals surface area contributed by atoms with Crippen molar-refractivity contribution in [2.75, 3.05) is 47.5 Å². The number of rotatable bonds is 49. The average molecular weight is 936 g/mol. The van der Waals surface area contributed by atoms with E-state index in [1.165, 1.54) is 128 Å². The van der Waals surface area contributed by atoms with E-state index in [0.717, 1.165) is 70.6 Å². The highest BCUT2D eigenvalue weighted by Gasteiger charge is 2.21. The van der Waals surface area contributed by atoms with Gasteiger partial charge in [0.2, 0.25) is 0 Å². The summed E-state index contributed by atoms with van der Waals surface area (Å²) in [5.74, 6) is -0.845. The first kappa shape index (κ1) is 63.0. The van der Waals surface area contributed by atoms with E-state index in [9.17, 15) is 19.0 Å². The minimum absolute atomic E-state index is 0.0335. The van der Waals surface area contributed by atoms with Gasteiger partial charge in [0, 0.05) is 12.8 Å². The SMILES string of the molecule is CCCC/C=C\C/C=C\CCCCCCCC(=O)OCC(COP(=O)([O-])OCC[N+](C)(C)C)OC(=O)CCCCCCCCCCCCCCCCC/C=C\C/C=C\CCCCCCC. The predicted molar refractivity (Wildman–Crippen MR) is 273 cm³/mol. The van der Waals surface area contributed by atoms with Gasteiger partial charge in [-0.05, 0) is 70.6 Å². The molecule has 9 nitrogen and oxygen atoms in total. The summed E-state index contributed by atoms with van der Waals surface area (Å²) in [5, 5.41) is 0. The standard InChI is InChI=1S/C55H102NO8P/c1-6-8-10-12-14-16-18-20-22-23-24-25-26-27-28-29-30-31-32-33-34-36-38-40-42-44-46-48-55(58)64-53(52-63-65(59,60)62-50-49-56(3,4)5)51-61-54(57)47-45-43-41-39-37-35-21-19-17-15-13-11-9-7-2/h13,15,18-21,23-24,53H,6-12,14,16-17,22,25-52H2,1-5H3/b15-13-,20-18-,21-19-,24-23-. The summed E-state index contributed by atoms with van der Waals surface area (Å²) in [7, 11) is 1.16. The topological polar surface area (TPSA) is 111 Å². The maximum Gasteiger partial charge on any atom is 0.306 e. The minimum Gasteiger partial charge on any atom is -0.756 e. The Morgan fingerprint density at radius 3 is 1.26 bits per heavy atom. The molecule has 65 heavy (non-hydrogen) atoms. The number of ether oxygens (including phenoxy) is 2. The van der Waals surface area contributed by atoms with Crippen molar-refractivity contribution in [2.24, 2.45) is 0 Å². The zero-order valence-corrected chi connectivity index (χ0v) is 43.8. The second-order valence-electron chi connectivity index (χ2n) is 19.2. The van der Waals surface area contributed by atoms with Gasteiger partial charge in [-0.3, -0.25) is 14.2 Å². The van der Waals surface area contributed by atoms with Gasteiger partial charge < -0.3 is 27.9 Å². The summed E-state index contributed by atoms with van der Waals surface area (Å²) in [6.07, 6.45) is 57.2. The second-order valence-corrected chi connectivity index (χ2v) is 20.6. The van der Waals surface area contributed by atoms with E-state index in [4.69, 9.17) is 18.5 Å². The molecule has 0 aliphatic heterocycles. The van der Waals surface area contributed by atoms with Crippen molar-refractivity contribution in [1.29, 1.82) is 0 Å². The fourth-order valence-corrected chi connectivity index (χ4v) is 8.08. The number of phosphoric acid groups is 1. The molecule has 0 fully saturated rings. The molecule has 2 unspecified atom stereocenters. The first-order valence-corrected chi connectivity index (χ1v) is 28.3. The summed E-state index contributed by atoms with van der Waals surface area (Å²) in [5.41, 5.74) is 0. The summed E-state index contributed by atoms with van der Waals surface area (Å²) < 4.78 is 34.0. The van der Waals surface area contributed by atoms with Crippen LogP contribution < -0.4 is 4.89 Å². The molecule has 0 aliphatic carbocycles. The van der Waals surface area contributed by atoms with Crippen molar-refractivity contribution in [3.63, 3.8) is 0 Å². The van der Waals surface area contributed by atoms with Crippen LogP contribution in [0, 0.1) is 0 Å². The van der Waals surface area contributed by atoms with E-state index >= 15 is 0 Å². The summed E-state index contributed by atoms with van der Waals surface area (Å²) in [6.45, 7) is 4.18. The second kappa shape index (κ2) is 47.1. The third kappa shape index (κ3) is 51.2. The van der Waals surface area contributed by atoms with Gasteiger partial charge >= 0.3 is 11.9 Å². The van der Waals surface area contributed by atoms with Gasteiger partial charge in [-0.2, -0.15) is 0 Å². The van der Waals surface area contributed by atoms with Crippen LogP contribution in [0.4, 0.5) is 0 Å². The lowest BCUT2D eigenvalue weighted by atomic mass is 10.0. The van der Waals surface area contributed by atoms with E-state index < -0.39 is 32.5 Å². The first-order valence-electron chi connectivity index (χ1n) is 26.8. The first-order chi connectivity index (χ1) is 31.5. The molecule has 10 heteroatoms. The average Bonchev–Trinajstić information content (AvgIpc) is 3.26. The number of hydrogen-bond donors (Lipinski definition) is 0. The Balaban J connectivity index is 4.14. The number of unbranched alkanes of at least 4 members (excludes halogenated alkanes) is 27. The van der Waals surface area contributed by atoms with Crippen LogP contribution in [0.1, 0.15) is 239 Å². The van der Waals surface area contributed by atoms with Crippen LogP contribution in [0.15, 0.2) is 48.6 Å². The number of likely N-dealkylation sites (N-methyl/N-ethyl adjacent to an activating group) is 1. The zero-order valence-electron chi connectivity index (χ0n) is 42.9. The number of carbonyl (C=O) groups excluding carboxylic acids is 2. The quantitative estimate of drug-likeness (QED) is 0.0195. The molecule has 2 atom stereocenters. The highest BCUT2D eigenvalue weighted by molar-refractivity contribution is 7.45. The zero-order chi connectivity index (χ0) is 47.8. The maximum absolute atomic E-state index is 12.8. The molecule has 0 aromatic carbocycles. The normalized spacial score (nSPS) is 13.8.